The number of nitrogens with two attached hydrogens (primary N) is 1. The molecule has 0 bridgehead atoms. The Balaban J connectivity index is 1.91. The summed E-state index contributed by atoms with van der Waals surface area (Å²) in [6.45, 7) is 5.67. The second-order valence-electron chi connectivity index (χ2n) is 5.13. The number of nitrogens with zero attached hydrogens (tertiary/aromatic N) is 2. The molecule has 1 fully saturated rings. The van der Waals surface area contributed by atoms with Crippen LogP contribution in [0, 0.1) is 11.6 Å². The Hall–Kier alpha value is -1.11. The Labute approximate surface area is 123 Å². The minimum absolute atomic E-state index is 0.0815. The average Bonchev–Trinajstić information content (AvgIpc) is 2.43. The van der Waals surface area contributed by atoms with Crippen LogP contribution in [0.3, 0.4) is 0 Å². The van der Waals surface area contributed by atoms with E-state index < -0.39 is 5.82 Å². The van der Waals surface area contributed by atoms with Gasteiger partial charge < -0.3 is 5.73 Å². The molecule has 2 rings (SSSR count). The maximum Gasteiger partial charge on any atom is 0.127 e. The summed E-state index contributed by atoms with van der Waals surface area (Å²) in [5, 5.41) is 0. The molecule has 0 amide bonds. The first-order valence-corrected chi connectivity index (χ1v) is 7.08. The average molecular weight is 299 g/mol. The maximum atomic E-state index is 13.6. The fourth-order valence-electron chi connectivity index (χ4n) is 2.39. The Bertz CT molecular complexity index is 487. The summed E-state index contributed by atoms with van der Waals surface area (Å²) in [5.41, 5.74) is 6.05. The van der Waals surface area contributed by atoms with Crippen molar-refractivity contribution in [1.29, 1.82) is 0 Å². The molecule has 2 N–H and O–H groups in total. The first-order valence-electron chi connectivity index (χ1n) is 6.67. The molecule has 20 heavy (non-hydrogen) atoms. The highest BCUT2D eigenvalue weighted by Crippen LogP contribution is 2.14. The van der Waals surface area contributed by atoms with Crippen molar-refractivity contribution in [3.63, 3.8) is 0 Å². The van der Waals surface area contributed by atoms with Crippen molar-refractivity contribution in [1.82, 2.24) is 9.80 Å². The summed E-state index contributed by atoms with van der Waals surface area (Å²) in [6, 6.07) is 3.66. The minimum Gasteiger partial charge on any atom is -0.392 e. The Morgan fingerprint density at radius 2 is 1.95 bits per heavy atom. The van der Waals surface area contributed by atoms with Crippen LogP contribution in [-0.4, -0.2) is 47.0 Å². The molecule has 1 aliphatic rings. The molecule has 1 aromatic carbocycles. The zero-order valence-electron chi connectivity index (χ0n) is 11.5. The van der Waals surface area contributed by atoms with Gasteiger partial charge in [-0.2, -0.15) is 0 Å². The van der Waals surface area contributed by atoms with Crippen LogP contribution < -0.4 is 5.73 Å². The standard InChI is InChI=1S/C14H19F2N3S/c1-10(14(17)20)19-6-4-18(5-7-19)9-11-8-12(15)2-3-13(11)16/h2-3,8,10H,4-7,9H2,1H3,(H2,17,20). The van der Waals surface area contributed by atoms with Gasteiger partial charge in [0, 0.05) is 38.3 Å². The van der Waals surface area contributed by atoms with Crippen LogP contribution in [-0.2, 0) is 6.54 Å². The van der Waals surface area contributed by atoms with Crippen molar-refractivity contribution in [3.05, 3.63) is 35.4 Å². The van der Waals surface area contributed by atoms with Crippen molar-refractivity contribution in [2.45, 2.75) is 19.5 Å². The van der Waals surface area contributed by atoms with Crippen molar-refractivity contribution >= 4 is 17.2 Å². The van der Waals surface area contributed by atoms with Crippen LogP contribution in [0.4, 0.5) is 8.78 Å². The van der Waals surface area contributed by atoms with Crippen molar-refractivity contribution in [2.24, 2.45) is 5.73 Å². The van der Waals surface area contributed by atoms with Gasteiger partial charge in [-0.3, -0.25) is 9.80 Å². The third-order valence-corrected chi connectivity index (χ3v) is 4.11. The van der Waals surface area contributed by atoms with Gasteiger partial charge >= 0.3 is 0 Å². The molecule has 3 nitrogen and oxygen atoms in total. The van der Waals surface area contributed by atoms with Gasteiger partial charge in [-0.05, 0) is 25.1 Å². The molecular weight excluding hydrogens is 280 g/mol. The Morgan fingerprint density at radius 1 is 1.30 bits per heavy atom. The van der Waals surface area contributed by atoms with Crippen molar-refractivity contribution < 1.29 is 8.78 Å². The Kier molecular flexibility index (Phi) is 5.01. The predicted molar refractivity (Wildman–Crippen MR) is 79.5 cm³/mol. The second kappa shape index (κ2) is 6.56. The molecule has 1 aromatic rings. The monoisotopic (exact) mass is 299 g/mol. The molecule has 0 radical (unpaired) electrons. The first-order chi connectivity index (χ1) is 9.47. The Morgan fingerprint density at radius 3 is 2.55 bits per heavy atom. The zero-order chi connectivity index (χ0) is 14.7. The molecule has 1 aliphatic heterocycles. The summed E-state index contributed by atoms with van der Waals surface area (Å²) in [6.07, 6.45) is 0. The number of benzene rings is 1. The lowest BCUT2D eigenvalue weighted by molar-refractivity contribution is 0.117. The topological polar surface area (TPSA) is 32.5 Å². The highest BCUT2D eigenvalue weighted by Gasteiger charge is 2.22. The van der Waals surface area contributed by atoms with E-state index in [0.29, 0.717) is 17.1 Å². The smallest absolute Gasteiger partial charge is 0.127 e. The zero-order valence-corrected chi connectivity index (χ0v) is 12.3. The molecule has 0 saturated carbocycles. The largest absolute Gasteiger partial charge is 0.392 e. The van der Waals surface area contributed by atoms with Crippen LogP contribution >= 0.6 is 12.2 Å². The molecule has 1 saturated heterocycles. The van der Waals surface area contributed by atoms with Crippen LogP contribution in [0.25, 0.3) is 0 Å². The third kappa shape index (κ3) is 3.71. The van der Waals surface area contributed by atoms with Crippen LogP contribution in [0.2, 0.25) is 0 Å². The molecular formula is C14H19F2N3S. The van der Waals surface area contributed by atoms with Gasteiger partial charge in [0.25, 0.3) is 0 Å². The summed E-state index contributed by atoms with van der Waals surface area (Å²) in [5.74, 6) is -0.757. The number of hydrogen-bond acceptors (Lipinski definition) is 3. The molecule has 0 aliphatic carbocycles. The van der Waals surface area contributed by atoms with E-state index in [1.807, 2.05) is 6.92 Å². The molecule has 1 atom stereocenters. The fraction of sp³-hybridized carbons (Fsp3) is 0.500. The lowest BCUT2D eigenvalue weighted by Crippen LogP contribution is -2.52. The quantitative estimate of drug-likeness (QED) is 0.859. The van der Waals surface area contributed by atoms with Gasteiger partial charge in [-0.25, -0.2) is 8.78 Å². The number of rotatable bonds is 4. The van der Waals surface area contributed by atoms with Gasteiger partial charge in [0.05, 0.1) is 11.0 Å². The van der Waals surface area contributed by atoms with E-state index in [4.69, 9.17) is 18.0 Å². The van der Waals surface area contributed by atoms with Crippen molar-refractivity contribution in [3.8, 4) is 0 Å². The van der Waals surface area contributed by atoms with Crippen LogP contribution in [0.5, 0.6) is 0 Å². The first kappa shape index (κ1) is 15.3. The van der Waals surface area contributed by atoms with Gasteiger partial charge in [0.2, 0.25) is 0 Å². The van der Waals surface area contributed by atoms with Crippen LogP contribution in [0.15, 0.2) is 18.2 Å². The third-order valence-electron chi connectivity index (χ3n) is 3.77. The number of thiocarbonyl (C=S) groups is 1. The highest BCUT2D eigenvalue weighted by atomic mass is 32.1. The molecule has 0 spiro atoms. The van der Waals surface area contributed by atoms with Crippen molar-refractivity contribution in [2.75, 3.05) is 26.2 Å². The molecule has 110 valence electrons. The SMILES string of the molecule is CC(C(N)=S)N1CCN(Cc2cc(F)ccc2F)CC1. The lowest BCUT2D eigenvalue weighted by atomic mass is 10.1. The van der Waals surface area contributed by atoms with Gasteiger partial charge in [-0.15, -0.1) is 0 Å². The summed E-state index contributed by atoms with van der Waals surface area (Å²) in [4.78, 5) is 4.82. The van der Waals surface area contributed by atoms with E-state index in [0.717, 1.165) is 32.2 Å². The molecule has 0 aromatic heterocycles. The van der Waals surface area contributed by atoms with Crippen LogP contribution in [0.1, 0.15) is 12.5 Å². The van der Waals surface area contributed by atoms with E-state index in [1.165, 1.54) is 12.1 Å². The van der Waals surface area contributed by atoms with E-state index >= 15 is 0 Å². The minimum atomic E-state index is -0.401. The summed E-state index contributed by atoms with van der Waals surface area (Å²) < 4.78 is 26.7. The van der Waals surface area contributed by atoms with Gasteiger partial charge in [0.1, 0.15) is 11.6 Å². The van der Waals surface area contributed by atoms with Gasteiger partial charge in [-0.1, -0.05) is 12.2 Å². The summed E-state index contributed by atoms with van der Waals surface area (Å²) >= 11 is 5.00. The lowest BCUT2D eigenvalue weighted by Gasteiger charge is -2.37. The number of hydrogen-bond donors (Lipinski definition) is 1. The highest BCUT2D eigenvalue weighted by molar-refractivity contribution is 7.80. The fourth-order valence-corrected chi connectivity index (χ4v) is 2.54. The molecule has 1 heterocycles. The van der Waals surface area contributed by atoms with E-state index in [-0.39, 0.29) is 11.9 Å². The van der Waals surface area contributed by atoms with Gasteiger partial charge in [0.15, 0.2) is 0 Å². The summed E-state index contributed by atoms with van der Waals surface area (Å²) in [7, 11) is 0. The second-order valence-corrected chi connectivity index (χ2v) is 5.60. The molecule has 1 unspecified atom stereocenters. The predicted octanol–water partition coefficient (Wildman–Crippen LogP) is 1.76. The van der Waals surface area contributed by atoms with E-state index in [9.17, 15) is 8.78 Å². The van der Waals surface area contributed by atoms with E-state index in [2.05, 4.69) is 9.80 Å². The maximum absolute atomic E-state index is 13.6. The van der Waals surface area contributed by atoms with E-state index in [1.54, 1.807) is 0 Å². The normalized spacial score (nSPS) is 18.9. The molecule has 6 heteroatoms. The number of piperazine rings is 1. The number of halogens is 2.